The van der Waals surface area contributed by atoms with Crippen molar-refractivity contribution >= 4 is 37.8 Å². The van der Waals surface area contributed by atoms with E-state index in [2.05, 4.69) is 38.8 Å². The van der Waals surface area contributed by atoms with Gasteiger partial charge in [-0.25, -0.2) is 4.79 Å². The molecule has 0 aromatic rings. The molecule has 0 saturated carbocycles. The van der Waals surface area contributed by atoms with E-state index in [1.165, 1.54) is 38.5 Å². The maximum Gasteiger partial charge on any atom is 0.343 e. The molecule has 0 unspecified atom stereocenters. The Kier molecular flexibility index (Phi) is 10.4. The van der Waals surface area contributed by atoms with Crippen LogP contribution in [0.15, 0.2) is 8.96 Å². The molecule has 16 heavy (non-hydrogen) atoms. The van der Waals surface area contributed by atoms with Crippen LogP contribution < -0.4 is 0 Å². The zero-order valence-corrected chi connectivity index (χ0v) is 12.9. The number of carboxylic acids is 1. The molecular weight excluding hydrogens is 336 g/mol. The Morgan fingerprint density at radius 1 is 1.00 bits per heavy atom. The number of aliphatic carboxylic acids is 1. The molecule has 94 valence electrons. The molecule has 0 saturated heterocycles. The Morgan fingerprint density at radius 3 is 2.00 bits per heavy atom. The lowest BCUT2D eigenvalue weighted by atomic mass is 10.1. The average molecular weight is 356 g/mol. The highest BCUT2D eigenvalue weighted by Crippen LogP contribution is 2.24. The van der Waals surface area contributed by atoms with Gasteiger partial charge in [-0.05, 0) is 28.8 Å². The first kappa shape index (κ1) is 16.2. The largest absolute Gasteiger partial charge is 0.477 e. The van der Waals surface area contributed by atoms with Crippen molar-refractivity contribution in [1.29, 1.82) is 0 Å². The third-order valence-corrected chi connectivity index (χ3v) is 4.57. The molecule has 1 N–H and O–H groups in total. The third kappa shape index (κ3) is 8.34. The van der Waals surface area contributed by atoms with E-state index < -0.39 is 5.97 Å². The highest BCUT2D eigenvalue weighted by atomic mass is 79.9. The highest BCUT2D eigenvalue weighted by molar-refractivity contribution is 9.14. The van der Waals surface area contributed by atoms with E-state index in [4.69, 9.17) is 5.11 Å². The van der Waals surface area contributed by atoms with Gasteiger partial charge in [0.2, 0.25) is 0 Å². The van der Waals surface area contributed by atoms with Gasteiger partial charge in [0.25, 0.3) is 0 Å². The predicted molar refractivity (Wildman–Crippen MR) is 75.1 cm³/mol. The van der Waals surface area contributed by atoms with Crippen molar-refractivity contribution in [3.63, 3.8) is 0 Å². The molecular formula is C12H20Br2O2. The fourth-order valence-corrected chi connectivity index (χ4v) is 2.11. The van der Waals surface area contributed by atoms with Crippen molar-refractivity contribution in [1.82, 2.24) is 0 Å². The summed E-state index contributed by atoms with van der Waals surface area (Å²) < 4.78 is 1.01. The third-order valence-electron chi connectivity index (χ3n) is 2.43. The monoisotopic (exact) mass is 354 g/mol. The van der Waals surface area contributed by atoms with Gasteiger partial charge in [0.05, 0.1) is 0 Å². The second-order valence-electron chi connectivity index (χ2n) is 3.90. The molecule has 2 nitrogen and oxygen atoms in total. The van der Waals surface area contributed by atoms with E-state index in [-0.39, 0.29) is 4.48 Å². The lowest BCUT2D eigenvalue weighted by Crippen LogP contribution is -1.95. The van der Waals surface area contributed by atoms with Crippen LogP contribution in [0.4, 0.5) is 0 Å². The summed E-state index contributed by atoms with van der Waals surface area (Å²) in [5, 5.41) is 8.72. The van der Waals surface area contributed by atoms with Crippen LogP contribution in [0.25, 0.3) is 0 Å². The number of hydrogen-bond acceptors (Lipinski definition) is 1. The summed E-state index contributed by atoms with van der Waals surface area (Å²) in [6, 6.07) is 0. The van der Waals surface area contributed by atoms with Gasteiger partial charge in [-0.1, -0.05) is 61.4 Å². The van der Waals surface area contributed by atoms with Crippen molar-refractivity contribution in [2.75, 3.05) is 0 Å². The number of allylic oxidation sites excluding steroid dienone is 1. The van der Waals surface area contributed by atoms with Gasteiger partial charge in [-0.2, -0.15) is 0 Å². The van der Waals surface area contributed by atoms with Gasteiger partial charge in [0, 0.05) is 4.48 Å². The summed E-state index contributed by atoms with van der Waals surface area (Å²) in [7, 11) is 0. The van der Waals surface area contributed by atoms with Crippen molar-refractivity contribution in [3.8, 4) is 0 Å². The zero-order valence-electron chi connectivity index (χ0n) is 9.77. The number of carbonyl (C=O) groups is 1. The molecule has 0 spiro atoms. The van der Waals surface area contributed by atoms with Crippen LogP contribution in [0.2, 0.25) is 0 Å². The summed E-state index contributed by atoms with van der Waals surface area (Å²) >= 11 is 6.33. The number of carboxylic acid groups (broad SMARTS) is 1. The number of hydrogen-bond donors (Lipinski definition) is 1. The number of unbranched alkanes of at least 4 members (excludes halogenated alkanes) is 6. The van der Waals surface area contributed by atoms with Crippen molar-refractivity contribution < 1.29 is 9.90 Å². The molecule has 0 rings (SSSR count). The molecule has 0 fully saturated rings. The van der Waals surface area contributed by atoms with Crippen LogP contribution in [-0.4, -0.2) is 11.1 Å². The summed E-state index contributed by atoms with van der Waals surface area (Å²) in [5.74, 6) is -0.908. The summed E-state index contributed by atoms with van der Waals surface area (Å²) in [6.45, 7) is 2.21. The van der Waals surface area contributed by atoms with Crippen LogP contribution in [0, 0.1) is 0 Å². The number of rotatable bonds is 9. The van der Waals surface area contributed by atoms with E-state index in [1.54, 1.807) is 0 Å². The zero-order chi connectivity index (χ0) is 12.4. The Bertz CT molecular complexity index is 237. The van der Waals surface area contributed by atoms with Gasteiger partial charge >= 0.3 is 5.97 Å². The molecule has 0 aliphatic rings. The Morgan fingerprint density at radius 2 is 1.50 bits per heavy atom. The topological polar surface area (TPSA) is 37.3 Å². The fraction of sp³-hybridized carbons (Fsp3) is 0.750. The maximum atomic E-state index is 10.6. The molecule has 0 bridgehead atoms. The van der Waals surface area contributed by atoms with Crippen molar-refractivity contribution in [2.24, 2.45) is 0 Å². The lowest BCUT2D eigenvalue weighted by Gasteiger charge is -2.02. The van der Waals surface area contributed by atoms with Crippen molar-refractivity contribution in [2.45, 2.75) is 58.3 Å². The lowest BCUT2D eigenvalue weighted by molar-refractivity contribution is -0.131. The van der Waals surface area contributed by atoms with Crippen LogP contribution in [-0.2, 0) is 4.79 Å². The minimum Gasteiger partial charge on any atom is -0.477 e. The van der Waals surface area contributed by atoms with Gasteiger partial charge < -0.3 is 5.11 Å². The first-order chi connectivity index (χ1) is 7.59. The first-order valence-corrected chi connectivity index (χ1v) is 7.45. The van der Waals surface area contributed by atoms with Gasteiger partial charge in [0.15, 0.2) is 0 Å². The van der Waals surface area contributed by atoms with Crippen molar-refractivity contribution in [3.05, 3.63) is 8.96 Å². The molecule has 0 aromatic heterocycles. The summed E-state index contributed by atoms with van der Waals surface area (Å²) in [6.07, 6.45) is 9.52. The van der Waals surface area contributed by atoms with E-state index in [0.29, 0.717) is 0 Å². The average Bonchev–Trinajstić information content (AvgIpc) is 2.26. The minimum atomic E-state index is -0.908. The maximum absolute atomic E-state index is 10.6. The molecule has 0 atom stereocenters. The molecule has 0 heterocycles. The van der Waals surface area contributed by atoms with Crippen LogP contribution >= 0.6 is 31.9 Å². The van der Waals surface area contributed by atoms with Crippen LogP contribution in [0.1, 0.15) is 58.3 Å². The van der Waals surface area contributed by atoms with Crippen LogP contribution in [0.3, 0.4) is 0 Å². The fourth-order valence-electron chi connectivity index (χ4n) is 1.46. The number of halogens is 2. The summed E-state index contributed by atoms with van der Waals surface area (Å²) in [5.41, 5.74) is 0. The normalized spacial score (nSPS) is 12.4. The first-order valence-electron chi connectivity index (χ1n) is 5.87. The Hall–Kier alpha value is 0.170. The minimum absolute atomic E-state index is 0.249. The molecule has 0 aliphatic carbocycles. The van der Waals surface area contributed by atoms with Crippen LogP contribution in [0.5, 0.6) is 0 Å². The molecule has 0 aromatic carbocycles. The Labute approximate surface area is 115 Å². The van der Waals surface area contributed by atoms with E-state index >= 15 is 0 Å². The smallest absolute Gasteiger partial charge is 0.343 e. The molecule has 4 heteroatoms. The predicted octanol–water partition coefficient (Wildman–Crippen LogP) is 5.21. The standard InChI is InChI=1S/C12H20Br2O2/c1-2-3-4-5-6-7-8-9-10(13)11(14)12(15)16/h2-9H2,1H3,(H,15,16). The SMILES string of the molecule is CCCCCCCCCC(Br)=C(Br)C(=O)O. The van der Waals surface area contributed by atoms with Gasteiger partial charge in [-0.3, -0.25) is 0 Å². The molecule has 0 amide bonds. The highest BCUT2D eigenvalue weighted by Gasteiger charge is 2.07. The second kappa shape index (κ2) is 10.3. The summed E-state index contributed by atoms with van der Waals surface area (Å²) in [4.78, 5) is 10.6. The van der Waals surface area contributed by atoms with E-state index in [0.717, 1.165) is 17.3 Å². The molecule has 0 aliphatic heterocycles. The Balaban J connectivity index is 3.52. The van der Waals surface area contributed by atoms with E-state index in [9.17, 15) is 4.79 Å². The van der Waals surface area contributed by atoms with Gasteiger partial charge in [0.1, 0.15) is 4.48 Å². The molecule has 0 radical (unpaired) electrons. The second-order valence-corrected chi connectivity index (χ2v) is 5.65. The quantitative estimate of drug-likeness (QED) is 0.455. The van der Waals surface area contributed by atoms with E-state index in [1.807, 2.05) is 0 Å². The van der Waals surface area contributed by atoms with Gasteiger partial charge in [-0.15, -0.1) is 0 Å².